The van der Waals surface area contributed by atoms with Gasteiger partial charge in [-0.25, -0.2) is 0 Å². The summed E-state index contributed by atoms with van der Waals surface area (Å²) in [6.45, 7) is 3.92. The second-order valence-electron chi connectivity index (χ2n) is 4.02. The van der Waals surface area contributed by atoms with E-state index in [-0.39, 0.29) is 30.2 Å². The monoisotopic (exact) mass is 275 g/mol. The highest BCUT2D eigenvalue weighted by molar-refractivity contribution is 5.90. The zero-order valence-corrected chi connectivity index (χ0v) is 10.8. The first kappa shape index (κ1) is 15.5. The smallest absolute Gasteiger partial charge is 0.381 e. The molecule has 0 bridgehead atoms. The van der Waals surface area contributed by atoms with E-state index in [1.165, 1.54) is 19.1 Å². The summed E-state index contributed by atoms with van der Waals surface area (Å²) in [7, 11) is 0. The van der Waals surface area contributed by atoms with Crippen molar-refractivity contribution in [3.8, 4) is 0 Å². The van der Waals surface area contributed by atoms with Gasteiger partial charge in [0.25, 0.3) is 0 Å². The van der Waals surface area contributed by atoms with Crippen molar-refractivity contribution in [1.82, 2.24) is 0 Å². The van der Waals surface area contributed by atoms with Gasteiger partial charge < -0.3 is 10.1 Å². The van der Waals surface area contributed by atoms with E-state index in [4.69, 9.17) is 4.74 Å². The molecular weight excluding hydrogens is 259 g/mol. The molecule has 1 N–H and O–H groups in total. The minimum absolute atomic E-state index is 0.114. The number of hydrogen-bond acceptors (Lipinski definition) is 2. The Bertz CT molecular complexity index is 444. The number of aryl methyl sites for hydroxylation is 1. The number of carbonyl (C=O) groups is 1. The lowest BCUT2D eigenvalue weighted by Gasteiger charge is -2.12. The molecule has 0 radical (unpaired) electrons. The average molecular weight is 275 g/mol. The molecule has 0 spiro atoms. The van der Waals surface area contributed by atoms with E-state index in [2.05, 4.69) is 5.32 Å². The van der Waals surface area contributed by atoms with Crippen LogP contribution in [0.5, 0.6) is 0 Å². The van der Waals surface area contributed by atoms with Gasteiger partial charge >= 0.3 is 6.18 Å². The molecule has 0 unspecified atom stereocenters. The first-order valence-corrected chi connectivity index (χ1v) is 5.90. The average Bonchev–Trinajstić information content (AvgIpc) is 2.30. The van der Waals surface area contributed by atoms with Gasteiger partial charge in [-0.15, -0.1) is 0 Å². The van der Waals surface area contributed by atoms with Crippen molar-refractivity contribution in [2.75, 3.05) is 18.5 Å². The van der Waals surface area contributed by atoms with E-state index in [9.17, 15) is 18.0 Å². The first-order valence-electron chi connectivity index (χ1n) is 5.90. The van der Waals surface area contributed by atoms with Crippen LogP contribution in [0.1, 0.15) is 24.5 Å². The normalized spacial score (nSPS) is 11.4. The fourth-order valence-corrected chi connectivity index (χ4v) is 1.54. The molecule has 6 heteroatoms. The van der Waals surface area contributed by atoms with E-state index >= 15 is 0 Å². The summed E-state index contributed by atoms with van der Waals surface area (Å²) in [4.78, 5) is 11.5. The topological polar surface area (TPSA) is 38.3 Å². The van der Waals surface area contributed by atoms with Crippen molar-refractivity contribution in [2.45, 2.75) is 26.4 Å². The predicted octanol–water partition coefficient (Wildman–Crippen LogP) is 3.38. The third kappa shape index (κ3) is 4.90. The lowest BCUT2D eigenvalue weighted by molar-refractivity contribution is -0.138. The van der Waals surface area contributed by atoms with Crippen LogP contribution in [0, 0.1) is 6.92 Å². The Hall–Kier alpha value is -1.56. The maximum atomic E-state index is 12.7. The second-order valence-corrected chi connectivity index (χ2v) is 4.02. The second kappa shape index (κ2) is 6.56. The van der Waals surface area contributed by atoms with E-state index in [1.54, 1.807) is 6.92 Å². The molecule has 3 nitrogen and oxygen atoms in total. The zero-order chi connectivity index (χ0) is 14.5. The number of halogens is 3. The molecule has 0 saturated heterocycles. The quantitative estimate of drug-likeness (QED) is 0.837. The third-order valence-electron chi connectivity index (χ3n) is 2.50. The third-order valence-corrected chi connectivity index (χ3v) is 2.50. The van der Waals surface area contributed by atoms with Crippen molar-refractivity contribution in [2.24, 2.45) is 0 Å². The largest absolute Gasteiger partial charge is 0.416 e. The van der Waals surface area contributed by atoms with E-state index in [0.717, 1.165) is 6.07 Å². The molecule has 0 aromatic heterocycles. The molecular formula is C13H16F3NO2. The van der Waals surface area contributed by atoms with E-state index < -0.39 is 11.7 Å². The van der Waals surface area contributed by atoms with Crippen LogP contribution in [0.3, 0.4) is 0 Å². The summed E-state index contributed by atoms with van der Waals surface area (Å²) < 4.78 is 43.0. The summed E-state index contributed by atoms with van der Waals surface area (Å²) in [5, 5.41) is 2.42. The molecule has 0 heterocycles. The summed E-state index contributed by atoms with van der Waals surface area (Å²) >= 11 is 0. The fraction of sp³-hybridized carbons (Fsp3) is 0.462. The minimum Gasteiger partial charge on any atom is -0.381 e. The Morgan fingerprint density at radius 1 is 1.37 bits per heavy atom. The molecule has 0 fully saturated rings. The van der Waals surface area contributed by atoms with E-state index in [0.29, 0.717) is 6.61 Å². The van der Waals surface area contributed by atoms with Crippen molar-refractivity contribution in [3.63, 3.8) is 0 Å². The Labute approximate surface area is 109 Å². The highest BCUT2D eigenvalue weighted by Crippen LogP contribution is 2.33. The van der Waals surface area contributed by atoms with Gasteiger partial charge in [-0.05, 0) is 31.5 Å². The van der Waals surface area contributed by atoms with Gasteiger partial charge in [0.1, 0.15) is 0 Å². The molecule has 0 aliphatic rings. The maximum absolute atomic E-state index is 12.7. The van der Waals surface area contributed by atoms with Gasteiger partial charge in [0.2, 0.25) is 5.91 Å². The molecule has 1 amide bonds. The van der Waals surface area contributed by atoms with Crippen LogP contribution in [-0.4, -0.2) is 19.1 Å². The first-order chi connectivity index (χ1) is 8.84. The van der Waals surface area contributed by atoms with Crippen molar-refractivity contribution >= 4 is 11.6 Å². The number of alkyl halides is 3. The standard InChI is InChI=1S/C13H16F3NO2/c1-3-19-7-6-12(18)17-10-5-4-9(2)11(8-10)13(14,15)16/h4-5,8H,3,6-7H2,1-2H3,(H,17,18). The lowest BCUT2D eigenvalue weighted by Crippen LogP contribution is -2.15. The number of nitrogens with one attached hydrogen (secondary N) is 1. The molecule has 1 rings (SSSR count). The van der Waals surface area contributed by atoms with Crippen molar-refractivity contribution < 1.29 is 22.7 Å². The predicted molar refractivity (Wildman–Crippen MR) is 65.9 cm³/mol. The summed E-state index contributed by atoms with van der Waals surface area (Å²) in [5.41, 5.74) is -0.477. The lowest BCUT2D eigenvalue weighted by atomic mass is 10.1. The number of hydrogen-bond donors (Lipinski definition) is 1. The Morgan fingerprint density at radius 2 is 2.05 bits per heavy atom. The van der Waals surface area contributed by atoms with Gasteiger partial charge in [0.15, 0.2) is 0 Å². The number of ether oxygens (including phenoxy) is 1. The maximum Gasteiger partial charge on any atom is 0.416 e. The van der Waals surface area contributed by atoms with Crippen molar-refractivity contribution in [1.29, 1.82) is 0 Å². The Kier molecular flexibility index (Phi) is 5.35. The van der Waals surface area contributed by atoms with Gasteiger partial charge in [0, 0.05) is 12.3 Å². The van der Waals surface area contributed by atoms with Crippen molar-refractivity contribution in [3.05, 3.63) is 29.3 Å². The fourth-order valence-electron chi connectivity index (χ4n) is 1.54. The SMILES string of the molecule is CCOCCC(=O)Nc1ccc(C)c(C(F)(F)F)c1. The Morgan fingerprint density at radius 3 is 2.63 bits per heavy atom. The van der Waals surface area contributed by atoms with Crippen LogP contribution >= 0.6 is 0 Å². The van der Waals surface area contributed by atoms with Crippen LogP contribution in [0.2, 0.25) is 0 Å². The molecule has 1 aromatic carbocycles. The highest BCUT2D eigenvalue weighted by Gasteiger charge is 2.32. The minimum atomic E-state index is -4.42. The summed E-state index contributed by atoms with van der Waals surface area (Å²) in [6, 6.07) is 3.72. The number of benzene rings is 1. The van der Waals surface area contributed by atoms with Gasteiger partial charge in [-0.1, -0.05) is 6.07 Å². The summed E-state index contributed by atoms with van der Waals surface area (Å²) in [6.07, 6.45) is -4.31. The van der Waals surface area contributed by atoms with Crippen LogP contribution in [0.15, 0.2) is 18.2 Å². The molecule has 19 heavy (non-hydrogen) atoms. The molecule has 0 aliphatic heterocycles. The number of amides is 1. The summed E-state index contributed by atoms with van der Waals surface area (Å²) in [5.74, 6) is -0.370. The molecule has 0 atom stereocenters. The van der Waals surface area contributed by atoms with Crippen LogP contribution < -0.4 is 5.32 Å². The van der Waals surface area contributed by atoms with Gasteiger partial charge in [0.05, 0.1) is 18.6 Å². The van der Waals surface area contributed by atoms with Gasteiger partial charge in [-0.2, -0.15) is 13.2 Å². The van der Waals surface area contributed by atoms with Crippen LogP contribution in [0.4, 0.5) is 18.9 Å². The number of anilines is 1. The number of carbonyl (C=O) groups excluding carboxylic acids is 1. The van der Waals surface area contributed by atoms with E-state index in [1.807, 2.05) is 0 Å². The van der Waals surface area contributed by atoms with Crippen LogP contribution in [-0.2, 0) is 15.7 Å². The van der Waals surface area contributed by atoms with Crippen LogP contribution in [0.25, 0.3) is 0 Å². The Balaban J connectivity index is 2.72. The molecule has 0 aliphatic carbocycles. The molecule has 1 aromatic rings. The molecule has 106 valence electrons. The van der Waals surface area contributed by atoms with Gasteiger partial charge in [-0.3, -0.25) is 4.79 Å². The zero-order valence-electron chi connectivity index (χ0n) is 10.8. The highest BCUT2D eigenvalue weighted by atomic mass is 19.4. The molecule has 0 saturated carbocycles. The number of rotatable bonds is 5.